The minimum atomic E-state index is -0.161. The second kappa shape index (κ2) is 5.23. The number of rotatable bonds is 2. The first kappa shape index (κ1) is 12.7. The van der Waals surface area contributed by atoms with Crippen molar-refractivity contribution in [2.24, 2.45) is 0 Å². The van der Waals surface area contributed by atoms with Crippen LogP contribution in [0.4, 0.5) is 0 Å². The van der Waals surface area contributed by atoms with E-state index in [9.17, 15) is 5.11 Å². The van der Waals surface area contributed by atoms with Crippen LogP contribution >= 0.6 is 34.8 Å². The molecule has 2 rings (SSSR count). The smallest absolute Gasteiger partial charge is 0.0773 e. The zero-order chi connectivity index (χ0) is 12.4. The van der Waals surface area contributed by atoms with Crippen molar-refractivity contribution >= 4 is 34.8 Å². The van der Waals surface area contributed by atoms with Crippen LogP contribution in [0.2, 0.25) is 15.1 Å². The summed E-state index contributed by atoms with van der Waals surface area (Å²) in [5, 5.41) is 10.8. The van der Waals surface area contributed by atoms with Gasteiger partial charge in [-0.1, -0.05) is 34.8 Å². The fraction of sp³-hybridized carbons (Fsp3) is 0.0833. The van der Waals surface area contributed by atoms with Crippen molar-refractivity contribution in [1.29, 1.82) is 0 Å². The van der Waals surface area contributed by atoms with Crippen molar-refractivity contribution in [3.63, 3.8) is 0 Å². The predicted octanol–water partition coefficient (Wildman–Crippen LogP) is 4.20. The summed E-state index contributed by atoms with van der Waals surface area (Å²) in [5.41, 5.74) is 1.88. The molecule has 1 aromatic carbocycles. The Balaban J connectivity index is 2.63. The molecule has 1 aromatic heterocycles. The van der Waals surface area contributed by atoms with Crippen LogP contribution in [0.3, 0.4) is 0 Å². The van der Waals surface area contributed by atoms with Crippen molar-refractivity contribution in [3.05, 3.63) is 51.1 Å². The van der Waals surface area contributed by atoms with Crippen LogP contribution in [0.15, 0.2) is 30.5 Å². The molecule has 2 aromatic rings. The highest BCUT2D eigenvalue weighted by molar-refractivity contribution is 6.35. The van der Waals surface area contributed by atoms with Gasteiger partial charge in [0.2, 0.25) is 0 Å². The summed E-state index contributed by atoms with van der Waals surface area (Å²) in [6.45, 7) is -0.161. The minimum Gasteiger partial charge on any atom is -0.392 e. The van der Waals surface area contributed by atoms with Crippen LogP contribution in [-0.2, 0) is 6.61 Å². The van der Waals surface area contributed by atoms with E-state index in [1.165, 1.54) is 6.20 Å². The van der Waals surface area contributed by atoms with E-state index in [0.29, 0.717) is 31.9 Å². The molecule has 0 saturated heterocycles. The van der Waals surface area contributed by atoms with Gasteiger partial charge in [-0.2, -0.15) is 0 Å². The highest BCUT2D eigenvalue weighted by Gasteiger charge is 2.11. The SMILES string of the molecule is OCc1cc(Cl)cnc1-c1cc(Cl)ccc1Cl. The molecule has 88 valence electrons. The summed E-state index contributed by atoms with van der Waals surface area (Å²) < 4.78 is 0. The van der Waals surface area contributed by atoms with E-state index >= 15 is 0 Å². The zero-order valence-electron chi connectivity index (χ0n) is 8.62. The third kappa shape index (κ3) is 2.72. The van der Waals surface area contributed by atoms with Gasteiger partial charge < -0.3 is 5.11 Å². The molecular formula is C12H8Cl3NO. The monoisotopic (exact) mass is 287 g/mol. The first-order chi connectivity index (χ1) is 8.11. The van der Waals surface area contributed by atoms with Gasteiger partial charge in [0.25, 0.3) is 0 Å². The Kier molecular flexibility index (Phi) is 3.89. The topological polar surface area (TPSA) is 33.1 Å². The molecule has 17 heavy (non-hydrogen) atoms. The zero-order valence-corrected chi connectivity index (χ0v) is 10.9. The first-order valence-corrected chi connectivity index (χ1v) is 5.96. The molecule has 0 aliphatic rings. The molecule has 0 spiro atoms. The van der Waals surface area contributed by atoms with E-state index in [0.717, 1.165) is 0 Å². The first-order valence-electron chi connectivity index (χ1n) is 4.82. The largest absolute Gasteiger partial charge is 0.392 e. The summed E-state index contributed by atoms with van der Waals surface area (Å²) >= 11 is 17.8. The van der Waals surface area contributed by atoms with Crippen molar-refractivity contribution < 1.29 is 5.11 Å². The van der Waals surface area contributed by atoms with Crippen LogP contribution in [0, 0.1) is 0 Å². The maximum Gasteiger partial charge on any atom is 0.0773 e. The van der Waals surface area contributed by atoms with E-state index in [1.807, 2.05) is 0 Å². The highest BCUT2D eigenvalue weighted by atomic mass is 35.5. The number of hydrogen-bond donors (Lipinski definition) is 1. The van der Waals surface area contributed by atoms with Gasteiger partial charge in [0.05, 0.1) is 22.3 Å². The predicted molar refractivity (Wildman–Crippen MR) is 70.6 cm³/mol. The van der Waals surface area contributed by atoms with Gasteiger partial charge in [0, 0.05) is 22.3 Å². The van der Waals surface area contributed by atoms with Crippen LogP contribution in [0.5, 0.6) is 0 Å². The molecular weight excluding hydrogens is 280 g/mol. The van der Waals surface area contributed by atoms with E-state index in [-0.39, 0.29) is 6.61 Å². The van der Waals surface area contributed by atoms with Crippen molar-refractivity contribution in [2.75, 3.05) is 0 Å². The molecule has 0 amide bonds. The van der Waals surface area contributed by atoms with Crippen LogP contribution in [-0.4, -0.2) is 10.1 Å². The summed E-state index contributed by atoms with van der Waals surface area (Å²) in [6.07, 6.45) is 1.51. The minimum absolute atomic E-state index is 0.161. The number of aliphatic hydroxyl groups excluding tert-OH is 1. The molecule has 1 N–H and O–H groups in total. The van der Waals surface area contributed by atoms with Gasteiger partial charge in [0.15, 0.2) is 0 Å². The second-order valence-electron chi connectivity index (χ2n) is 3.44. The Hall–Kier alpha value is -0.800. The standard InChI is InChI=1S/C12H8Cl3NO/c13-8-1-2-11(15)10(4-8)12-7(6-17)3-9(14)5-16-12/h1-5,17H,6H2. The Morgan fingerprint density at radius 3 is 2.53 bits per heavy atom. The molecule has 0 radical (unpaired) electrons. The van der Waals surface area contributed by atoms with Crippen molar-refractivity contribution in [1.82, 2.24) is 4.98 Å². The molecule has 0 bridgehead atoms. The summed E-state index contributed by atoms with van der Waals surface area (Å²) in [6, 6.07) is 6.75. The van der Waals surface area contributed by atoms with Crippen LogP contribution in [0.1, 0.15) is 5.56 Å². The average molecular weight is 289 g/mol. The quantitative estimate of drug-likeness (QED) is 0.898. The van der Waals surface area contributed by atoms with Gasteiger partial charge in [-0.25, -0.2) is 0 Å². The van der Waals surface area contributed by atoms with Gasteiger partial charge >= 0.3 is 0 Å². The lowest BCUT2D eigenvalue weighted by Gasteiger charge is -2.09. The number of aromatic nitrogens is 1. The van der Waals surface area contributed by atoms with Crippen LogP contribution in [0.25, 0.3) is 11.3 Å². The molecule has 2 nitrogen and oxygen atoms in total. The number of aliphatic hydroxyl groups is 1. The lowest BCUT2D eigenvalue weighted by atomic mass is 10.1. The number of halogens is 3. The normalized spacial score (nSPS) is 10.6. The molecule has 5 heteroatoms. The van der Waals surface area contributed by atoms with Crippen molar-refractivity contribution in [2.45, 2.75) is 6.61 Å². The van der Waals surface area contributed by atoms with Gasteiger partial charge in [-0.15, -0.1) is 0 Å². The summed E-state index contributed by atoms with van der Waals surface area (Å²) in [4.78, 5) is 4.19. The van der Waals surface area contributed by atoms with E-state index in [4.69, 9.17) is 34.8 Å². The molecule has 1 heterocycles. The molecule has 0 atom stereocenters. The second-order valence-corrected chi connectivity index (χ2v) is 4.72. The van der Waals surface area contributed by atoms with Gasteiger partial charge in [-0.05, 0) is 24.3 Å². The van der Waals surface area contributed by atoms with Gasteiger partial charge in [0.1, 0.15) is 0 Å². The Morgan fingerprint density at radius 2 is 1.82 bits per heavy atom. The van der Waals surface area contributed by atoms with E-state index in [2.05, 4.69) is 4.98 Å². The summed E-state index contributed by atoms with van der Waals surface area (Å²) in [5.74, 6) is 0. The third-order valence-electron chi connectivity index (χ3n) is 2.29. The van der Waals surface area contributed by atoms with Crippen LogP contribution < -0.4 is 0 Å². The molecule has 0 aliphatic heterocycles. The Labute approximate surface area is 114 Å². The number of benzene rings is 1. The molecule has 0 fully saturated rings. The van der Waals surface area contributed by atoms with E-state index in [1.54, 1.807) is 24.3 Å². The number of nitrogens with zero attached hydrogens (tertiary/aromatic N) is 1. The Morgan fingerprint density at radius 1 is 1.06 bits per heavy atom. The number of pyridine rings is 1. The lowest BCUT2D eigenvalue weighted by molar-refractivity contribution is 0.282. The van der Waals surface area contributed by atoms with E-state index < -0.39 is 0 Å². The lowest BCUT2D eigenvalue weighted by Crippen LogP contribution is -1.94. The highest BCUT2D eigenvalue weighted by Crippen LogP contribution is 2.32. The summed E-state index contributed by atoms with van der Waals surface area (Å²) in [7, 11) is 0. The fourth-order valence-corrected chi connectivity index (χ4v) is 2.08. The average Bonchev–Trinajstić information content (AvgIpc) is 2.32. The third-order valence-corrected chi connectivity index (χ3v) is 3.06. The van der Waals surface area contributed by atoms with Gasteiger partial charge in [-0.3, -0.25) is 4.98 Å². The molecule has 0 saturated carbocycles. The number of hydrogen-bond acceptors (Lipinski definition) is 2. The van der Waals surface area contributed by atoms with Crippen molar-refractivity contribution in [3.8, 4) is 11.3 Å². The maximum absolute atomic E-state index is 9.29. The fourth-order valence-electron chi connectivity index (χ4n) is 1.52. The Bertz CT molecular complexity index is 557. The molecule has 0 unspecified atom stereocenters. The maximum atomic E-state index is 9.29. The molecule has 0 aliphatic carbocycles.